The number of anilines is 3. The van der Waals surface area contributed by atoms with Gasteiger partial charge in [0.05, 0.1) is 24.2 Å². The van der Waals surface area contributed by atoms with Gasteiger partial charge >= 0.3 is 0 Å². The smallest absolute Gasteiger partial charge is 0.150 e. The summed E-state index contributed by atoms with van der Waals surface area (Å²) in [6, 6.07) is 6.52. The Balaban J connectivity index is 1.78. The number of nitrogens with two attached hydrogens (primary N) is 1. The van der Waals surface area contributed by atoms with Gasteiger partial charge in [-0.05, 0) is 19.1 Å². The SMILES string of the molecule is COc1cc(N2CCN(c3ccc(Br)c(C)c3F)CC2)c(F)cc1N. The fourth-order valence-electron chi connectivity index (χ4n) is 3.06. The zero-order valence-electron chi connectivity index (χ0n) is 14.2. The molecule has 1 saturated heterocycles. The van der Waals surface area contributed by atoms with Crippen LogP contribution in [0.4, 0.5) is 25.8 Å². The number of hydrogen-bond acceptors (Lipinski definition) is 4. The molecular formula is C18H20BrF2N3O. The minimum atomic E-state index is -0.377. The standard InChI is InChI=1S/C18H20BrF2N3O/c1-11-12(19)3-4-15(18(11)21)23-5-7-24(8-6-23)16-10-17(25-2)14(22)9-13(16)20/h3-4,9-10H,5-8,22H2,1-2H3. The van der Waals surface area contributed by atoms with Crippen molar-refractivity contribution in [1.29, 1.82) is 0 Å². The Bertz CT molecular complexity index is 792. The molecule has 25 heavy (non-hydrogen) atoms. The molecule has 2 N–H and O–H groups in total. The zero-order valence-corrected chi connectivity index (χ0v) is 15.7. The van der Waals surface area contributed by atoms with E-state index in [4.69, 9.17) is 10.5 Å². The van der Waals surface area contributed by atoms with E-state index in [2.05, 4.69) is 15.9 Å². The fraction of sp³-hybridized carbons (Fsp3) is 0.333. The van der Waals surface area contributed by atoms with Crippen molar-refractivity contribution in [3.8, 4) is 5.75 Å². The van der Waals surface area contributed by atoms with Gasteiger partial charge < -0.3 is 20.3 Å². The van der Waals surface area contributed by atoms with Crippen LogP contribution in [0.2, 0.25) is 0 Å². The highest BCUT2D eigenvalue weighted by molar-refractivity contribution is 9.10. The van der Waals surface area contributed by atoms with Gasteiger partial charge in [0, 0.05) is 48.3 Å². The molecule has 2 aromatic carbocycles. The summed E-state index contributed by atoms with van der Waals surface area (Å²) in [5, 5.41) is 0. The van der Waals surface area contributed by atoms with Crippen LogP contribution in [-0.2, 0) is 0 Å². The molecule has 7 heteroatoms. The van der Waals surface area contributed by atoms with Gasteiger partial charge in [-0.25, -0.2) is 8.78 Å². The molecule has 4 nitrogen and oxygen atoms in total. The van der Waals surface area contributed by atoms with Crippen LogP contribution in [0.3, 0.4) is 0 Å². The lowest BCUT2D eigenvalue weighted by molar-refractivity contribution is 0.416. The molecule has 0 aliphatic carbocycles. The van der Waals surface area contributed by atoms with E-state index in [-0.39, 0.29) is 17.3 Å². The lowest BCUT2D eigenvalue weighted by atomic mass is 10.1. The van der Waals surface area contributed by atoms with E-state index in [0.29, 0.717) is 48.9 Å². The Morgan fingerprint density at radius 1 is 1.04 bits per heavy atom. The summed E-state index contributed by atoms with van der Waals surface area (Å²) in [6.45, 7) is 4.11. The van der Waals surface area contributed by atoms with E-state index in [1.165, 1.54) is 13.2 Å². The van der Waals surface area contributed by atoms with Gasteiger partial charge in [0.15, 0.2) is 5.82 Å². The number of hydrogen-bond donors (Lipinski definition) is 1. The first-order chi connectivity index (χ1) is 11.9. The zero-order chi connectivity index (χ0) is 18.1. The molecule has 0 atom stereocenters. The first-order valence-electron chi connectivity index (χ1n) is 8.00. The maximum atomic E-state index is 14.5. The number of piperazine rings is 1. The topological polar surface area (TPSA) is 41.7 Å². The molecule has 0 radical (unpaired) electrons. The summed E-state index contributed by atoms with van der Waals surface area (Å²) in [5.41, 5.74) is 7.63. The molecule has 0 saturated carbocycles. The third-order valence-electron chi connectivity index (χ3n) is 4.56. The van der Waals surface area contributed by atoms with E-state index in [1.807, 2.05) is 15.9 Å². The maximum absolute atomic E-state index is 14.5. The Morgan fingerprint density at radius 3 is 2.24 bits per heavy atom. The summed E-state index contributed by atoms with van der Waals surface area (Å²) in [6.07, 6.45) is 0. The second-order valence-electron chi connectivity index (χ2n) is 6.03. The van der Waals surface area contributed by atoms with Crippen LogP contribution in [0.25, 0.3) is 0 Å². The van der Waals surface area contributed by atoms with Crippen molar-refractivity contribution >= 4 is 33.0 Å². The Hall–Kier alpha value is -2.02. The summed E-state index contributed by atoms with van der Waals surface area (Å²) < 4.78 is 34.7. The molecule has 3 rings (SSSR count). The maximum Gasteiger partial charge on any atom is 0.150 e. The number of ether oxygens (including phenoxy) is 1. The van der Waals surface area contributed by atoms with Crippen LogP contribution in [0.5, 0.6) is 5.75 Å². The minimum absolute atomic E-state index is 0.219. The van der Waals surface area contributed by atoms with Crippen LogP contribution in [0.1, 0.15) is 5.56 Å². The number of rotatable bonds is 3. The van der Waals surface area contributed by atoms with Gasteiger partial charge in [-0.1, -0.05) is 15.9 Å². The van der Waals surface area contributed by atoms with E-state index in [0.717, 1.165) is 4.47 Å². The molecule has 0 unspecified atom stereocenters. The van der Waals surface area contributed by atoms with Crippen LogP contribution >= 0.6 is 15.9 Å². The second-order valence-corrected chi connectivity index (χ2v) is 6.88. The van der Waals surface area contributed by atoms with E-state index < -0.39 is 0 Å². The molecular weight excluding hydrogens is 392 g/mol. The van der Waals surface area contributed by atoms with Crippen molar-refractivity contribution in [3.05, 3.63) is 45.9 Å². The average molecular weight is 412 g/mol. The van der Waals surface area contributed by atoms with Crippen molar-refractivity contribution in [2.45, 2.75) is 6.92 Å². The van der Waals surface area contributed by atoms with Gasteiger partial charge in [-0.3, -0.25) is 0 Å². The molecule has 1 aliphatic heterocycles. The van der Waals surface area contributed by atoms with E-state index in [1.54, 1.807) is 19.1 Å². The van der Waals surface area contributed by atoms with Crippen LogP contribution < -0.4 is 20.3 Å². The van der Waals surface area contributed by atoms with Crippen molar-refractivity contribution in [1.82, 2.24) is 0 Å². The van der Waals surface area contributed by atoms with Crippen molar-refractivity contribution in [2.24, 2.45) is 0 Å². The molecule has 1 aliphatic rings. The van der Waals surface area contributed by atoms with Crippen LogP contribution in [-0.4, -0.2) is 33.3 Å². The number of halogens is 3. The predicted molar refractivity (Wildman–Crippen MR) is 101 cm³/mol. The number of methoxy groups -OCH3 is 1. The molecule has 0 spiro atoms. The van der Waals surface area contributed by atoms with Crippen molar-refractivity contribution in [2.75, 3.05) is 48.8 Å². The molecule has 134 valence electrons. The first-order valence-corrected chi connectivity index (χ1v) is 8.79. The minimum Gasteiger partial charge on any atom is -0.495 e. The van der Waals surface area contributed by atoms with Gasteiger partial charge in [0.25, 0.3) is 0 Å². The van der Waals surface area contributed by atoms with Crippen LogP contribution in [0, 0.1) is 18.6 Å². The molecule has 2 aromatic rings. The monoisotopic (exact) mass is 411 g/mol. The number of nitrogens with zero attached hydrogens (tertiary/aromatic N) is 2. The largest absolute Gasteiger partial charge is 0.495 e. The average Bonchev–Trinajstić information content (AvgIpc) is 2.60. The third-order valence-corrected chi connectivity index (χ3v) is 5.42. The van der Waals surface area contributed by atoms with E-state index in [9.17, 15) is 8.78 Å². The van der Waals surface area contributed by atoms with Gasteiger partial charge in [-0.15, -0.1) is 0 Å². The number of benzene rings is 2. The number of nitrogen functional groups attached to an aromatic ring is 1. The van der Waals surface area contributed by atoms with Gasteiger partial charge in [0.1, 0.15) is 11.6 Å². The quantitative estimate of drug-likeness (QED) is 0.776. The van der Waals surface area contributed by atoms with Crippen molar-refractivity contribution in [3.63, 3.8) is 0 Å². The Morgan fingerprint density at radius 2 is 1.64 bits per heavy atom. The van der Waals surface area contributed by atoms with Crippen molar-refractivity contribution < 1.29 is 13.5 Å². The molecule has 1 fully saturated rings. The van der Waals surface area contributed by atoms with Crippen LogP contribution in [0.15, 0.2) is 28.7 Å². The molecule has 1 heterocycles. The molecule has 0 bridgehead atoms. The van der Waals surface area contributed by atoms with Gasteiger partial charge in [-0.2, -0.15) is 0 Å². The highest BCUT2D eigenvalue weighted by Gasteiger charge is 2.23. The Kier molecular flexibility index (Phi) is 5.03. The van der Waals surface area contributed by atoms with Gasteiger partial charge in [0.2, 0.25) is 0 Å². The summed E-state index contributed by atoms with van der Waals surface area (Å²) in [4.78, 5) is 3.91. The fourth-order valence-corrected chi connectivity index (χ4v) is 3.36. The predicted octanol–water partition coefficient (Wildman–Crippen LogP) is 3.95. The summed E-state index contributed by atoms with van der Waals surface area (Å²) >= 11 is 3.34. The molecule has 0 aromatic heterocycles. The highest BCUT2D eigenvalue weighted by atomic mass is 79.9. The van der Waals surface area contributed by atoms with E-state index >= 15 is 0 Å². The third kappa shape index (κ3) is 3.38. The highest BCUT2D eigenvalue weighted by Crippen LogP contribution is 2.33. The second kappa shape index (κ2) is 7.07. The molecule has 0 amide bonds. The lowest BCUT2D eigenvalue weighted by Gasteiger charge is -2.38. The summed E-state index contributed by atoms with van der Waals surface area (Å²) in [5.74, 6) is -0.144. The lowest BCUT2D eigenvalue weighted by Crippen LogP contribution is -2.47. The summed E-state index contributed by atoms with van der Waals surface area (Å²) in [7, 11) is 1.50. The first kappa shape index (κ1) is 17.8. The normalized spacial score (nSPS) is 14.8. The Labute approximate surface area is 154 Å².